The largest absolute Gasteiger partial charge is 0.350 e. The Morgan fingerprint density at radius 1 is 1.20 bits per heavy atom. The molecule has 6 heteroatoms. The lowest BCUT2D eigenvalue weighted by Gasteiger charge is -2.32. The van der Waals surface area contributed by atoms with E-state index in [0.717, 1.165) is 41.0 Å². The van der Waals surface area contributed by atoms with Crippen LogP contribution in [0.25, 0.3) is 0 Å². The number of benzene rings is 1. The van der Waals surface area contributed by atoms with Crippen LogP contribution in [0.4, 0.5) is 5.95 Å². The average Bonchev–Trinajstić information content (AvgIpc) is 2.62. The molecule has 0 saturated carbocycles. The summed E-state index contributed by atoms with van der Waals surface area (Å²) in [6, 6.07) is 8.71. The Morgan fingerprint density at radius 3 is 2.36 bits per heavy atom. The second kappa shape index (κ2) is 8.12. The highest BCUT2D eigenvalue weighted by atomic mass is 127. The number of nitrogens with zero attached hydrogens (tertiary/aromatic N) is 3. The van der Waals surface area contributed by atoms with Crippen molar-refractivity contribution in [3.63, 3.8) is 0 Å². The fraction of sp³-hybridized carbons (Fsp3) is 0.421. The van der Waals surface area contributed by atoms with Crippen molar-refractivity contribution < 1.29 is 4.79 Å². The zero-order valence-corrected chi connectivity index (χ0v) is 16.7. The zero-order chi connectivity index (χ0) is 17.8. The molecule has 0 aliphatic carbocycles. The molecule has 25 heavy (non-hydrogen) atoms. The van der Waals surface area contributed by atoms with E-state index in [0.29, 0.717) is 5.92 Å². The lowest BCUT2D eigenvalue weighted by Crippen LogP contribution is -2.34. The van der Waals surface area contributed by atoms with Crippen LogP contribution in [0.2, 0.25) is 0 Å². The molecule has 132 valence electrons. The van der Waals surface area contributed by atoms with Crippen LogP contribution >= 0.6 is 22.6 Å². The van der Waals surface area contributed by atoms with Crippen molar-refractivity contribution >= 4 is 34.4 Å². The maximum atomic E-state index is 11.2. The maximum absolute atomic E-state index is 11.2. The number of anilines is 1. The van der Waals surface area contributed by atoms with Crippen molar-refractivity contribution in [3.05, 3.63) is 51.4 Å². The van der Waals surface area contributed by atoms with Crippen molar-refractivity contribution in [2.45, 2.75) is 38.6 Å². The molecule has 1 N–H and O–H groups in total. The Hall–Kier alpha value is -1.70. The molecule has 0 spiro atoms. The molecule has 2 aromatic rings. The second-order valence-electron chi connectivity index (χ2n) is 6.55. The molecule has 0 bridgehead atoms. The van der Waals surface area contributed by atoms with E-state index in [1.165, 1.54) is 5.56 Å². The zero-order valence-electron chi connectivity index (χ0n) is 14.6. The van der Waals surface area contributed by atoms with E-state index in [1.807, 2.05) is 19.3 Å². The molecule has 1 fully saturated rings. The van der Waals surface area contributed by atoms with Crippen LogP contribution in [-0.4, -0.2) is 29.0 Å². The molecule has 1 aliphatic heterocycles. The normalized spacial score (nSPS) is 16.5. The SMILES string of the molecule is CC(=O)N[C@@H](C)c1ccc(C2CCN(c3ncc(I)cn3)CC2)cc1. The molecule has 1 amide bonds. The van der Waals surface area contributed by atoms with Gasteiger partial charge in [0, 0.05) is 36.0 Å². The van der Waals surface area contributed by atoms with Crippen molar-refractivity contribution in [3.8, 4) is 0 Å². The fourth-order valence-electron chi connectivity index (χ4n) is 3.33. The standard InChI is InChI=1S/C19H23IN4O/c1-13(23-14(2)25)15-3-5-16(6-4-15)17-7-9-24(10-8-17)19-21-11-18(20)12-22-19/h3-6,11-13,17H,7-10H2,1-2H3,(H,23,25)/t13-/m0/s1. The Kier molecular flexibility index (Phi) is 5.88. The van der Waals surface area contributed by atoms with Crippen molar-refractivity contribution in [1.29, 1.82) is 0 Å². The average molecular weight is 450 g/mol. The molecule has 1 aliphatic rings. The number of nitrogens with one attached hydrogen (secondary N) is 1. The number of amides is 1. The van der Waals surface area contributed by atoms with Gasteiger partial charge in [0.1, 0.15) is 0 Å². The molecular weight excluding hydrogens is 427 g/mol. The Morgan fingerprint density at radius 2 is 1.80 bits per heavy atom. The van der Waals surface area contributed by atoms with E-state index >= 15 is 0 Å². The van der Waals surface area contributed by atoms with Gasteiger partial charge in [0.25, 0.3) is 0 Å². The molecule has 2 heterocycles. The van der Waals surface area contributed by atoms with Gasteiger partial charge in [0.05, 0.1) is 6.04 Å². The summed E-state index contributed by atoms with van der Waals surface area (Å²) in [6.07, 6.45) is 5.94. The van der Waals surface area contributed by atoms with Gasteiger partial charge in [0.2, 0.25) is 11.9 Å². The van der Waals surface area contributed by atoms with E-state index in [9.17, 15) is 4.79 Å². The predicted molar refractivity (Wildman–Crippen MR) is 108 cm³/mol. The first-order valence-electron chi connectivity index (χ1n) is 8.62. The first-order valence-corrected chi connectivity index (χ1v) is 9.70. The van der Waals surface area contributed by atoms with Gasteiger partial charge in [0.15, 0.2) is 0 Å². The van der Waals surface area contributed by atoms with Gasteiger partial charge < -0.3 is 10.2 Å². The topological polar surface area (TPSA) is 58.1 Å². The highest BCUT2D eigenvalue weighted by molar-refractivity contribution is 14.1. The lowest BCUT2D eigenvalue weighted by atomic mass is 9.88. The third-order valence-electron chi connectivity index (χ3n) is 4.71. The number of hydrogen-bond acceptors (Lipinski definition) is 4. The Balaban J connectivity index is 1.59. The van der Waals surface area contributed by atoms with Crippen LogP contribution in [0.1, 0.15) is 49.8 Å². The number of rotatable bonds is 4. The molecular formula is C19H23IN4O. The molecule has 1 aromatic carbocycles. The molecule has 1 aromatic heterocycles. The first kappa shape index (κ1) is 18.1. The van der Waals surface area contributed by atoms with Crippen LogP contribution in [0.3, 0.4) is 0 Å². The first-order chi connectivity index (χ1) is 12.0. The summed E-state index contributed by atoms with van der Waals surface area (Å²) in [7, 11) is 0. The minimum atomic E-state index is 0.00164. The van der Waals surface area contributed by atoms with Crippen LogP contribution in [0.15, 0.2) is 36.7 Å². The van der Waals surface area contributed by atoms with Gasteiger partial charge in [-0.05, 0) is 59.4 Å². The summed E-state index contributed by atoms with van der Waals surface area (Å²) in [5.41, 5.74) is 2.52. The van der Waals surface area contributed by atoms with Crippen LogP contribution in [0.5, 0.6) is 0 Å². The molecule has 0 radical (unpaired) electrons. The monoisotopic (exact) mass is 450 g/mol. The lowest BCUT2D eigenvalue weighted by molar-refractivity contribution is -0.119. The summed E-state index contributed by atoms with van der Waals surface area (Å²) in [5.74, 6) is 1.41. The van der Waals surface area contributed by atoms with E-state index < -0.39 is 0 Å². The van der Waals surface area contributed by atoms with Crippen molar-refractivity contribution in [1.82, 2.24) is 15.3 Å². The van der Waals surface area contributed by atoms with E-state index in [4.69, 9.17) is 0 Å². The Bertz CT molecular complexity index is 709. The molecule has 0 unspecified atom stereocenters. The van der Waals surface area contributed by atoms with Gasteiger partial charge in [-0.1, -0.05) is 24.3 Å². The number of piperidine rings is 1. The molecule has 3 rings (SSSR count). The summed E-state index contributed by atoms with van der Waals surface area (Å²) in [4.78, 5) is 22.3. The number of aromatic nitrogens is 2. The van der Waals surface area contributed by atoms with Gasteiger partial charge in [-0.3, -0.25) is 4.79 Å². The molecule has 1 atom stereocenters. The minimum absolute atomic E-state index is 0.00164. The van der Waals surface area contributed by atoms with E-state index in [-0.39, 0.29) is 11.9 Å². The van der Waals surface area contributed by atoms with E-state index in [2.05, 4.69) is 67.0 Å². The Labute approximate surface area is 162 Å². The molecule has 5 nitrogen and oxygen atoms in total. The number of carbonyl (C=O) groups is 1. The molecule has 1 saturated heterocycles. The highest BCUT2D eigenvalue weighted by Gasteiger charge is 2.22. The van der Waals surface area contributed by atoms with Gasteiger partial charge in [-0.15, -0.1) is 0 Å². The number of halogens is 1. The second-order valence-corrected chi connectivity index (χ2v) is 7.80. The fourth-order valence-corrected chi connectivity index (χ4v) is 3.61. The van der Waals surface area contributed by atoms with Crippen LogP contribution in [0, 0.1) is 3.57 Å². The summed E-state index contributed by atoms with van der Waals surface area (Å²) >= 11 is 2.22. The quantitative estimate of drug-likeness (QED) is 0.723. The third kappa shape index (κ3) is 4.68. The number of carbonyl (C=O) groups excluding carboxylic acids is 1. The maximum Gasteiger partial charge on any atom is 0.225 e. The highest BCUT2D eigenvalue weighted by Crippen LogP contribution is 2.30. The third-order valence-corrected chi connectivity index (χ3v) is 5.27. The van der Waals surface area contributed by atoms with Crippen LogP contribution < -0.4 is 10.2 Å². The van der Waals surface area contributed by atoms with Gasteiger partial charge >= 0.3 is 0 Å². The summed E-state index contributed by atoms with van der Waals surface area (Å²) < 4.78 is 1.06. The number of hydrogen-bond donors (Lipinski definition) is 1. The van der Waals surface area contributed by atoms with Crippen molar-refractivity contribution in [2.75, 3.05) is 18.0 Å². The minimum Gasteiger partial charge on any atom is -0.350 e. The predicted octanol–water partition coefficient (Wildman–Crippen LogP) is 3.66. The van der Waals surface area contributed by atoms with Gasteiger partial charge in [-0.25, -0.2) is 9.97 Å². The smallest absolute Gasteiger partial charge is 0.225 e. The summed E-state index contributed by atoms with van der Waals surface area (Å²) in [5, 5.41) is 2.93. The van der Waals surface area contributed by atoms with E-state index in [1.54, 1.807) is 6.92 Å². The van der Waals surface area contributed by atoms with Crippen molar-refractivity contribution in [2.24, 2.45) is 0 Å². The van der Waals surface area contributed by atoms with Crippen LogP contribution in [-0.2, 0) is 4.79 Å². The summed E-state index contributed by atoms with van der Waals surface area (Å²) in [6.45, 7) is 5.52. The van der Waals surface area contributed by atoms with Gasteiger partial charge in [-0.2, -0.15) is 0 Å².